The zero-order chi connectivity index (χ0) is 11.5. The van der Waals surface area contributed by atoms with Crippen molar-refractivity contribution in [1.82, 2.24) is 9.78 Å². The minimum absolute atomic E-state index is 0.0156. The van der Waals surface area contributed by atoms with E-state index in [2.05, 4.69) is 5.10 Å². The zero-order valence-electron chi connectivity index (χ0n) is 9.34. The van der Waals surface area contributed by atoms with Crippen molar-refractivity contribution in [3.05, 3.63) is 41.7 Å². The smallest absolute Gasteiger partial charge is 0.121 e. The number of nitrogens with zero attached hydrogens (tertiary/aromatic N) is 2. The van der Waals surface area contributed by atoms with Crippen molar-refractivity contribution in [3.8, 4) is 11.4 Å². The Morgan fingerprint density at radius 1 is 1.38 bits per heavy atom. The van der Waals surface area contributed by atoms with E-state index in [0.717, 1.165) is 22.7 Å². The van der Waals surface area contributed by atoms with Gasteiger partial charge >= 0.3 is 0 Å². The van der Waals surface area contributed by atoms with Gasteiger partial charge in [0.2, 0.25) is 0 Å². The average Bonchev–Trinajstić information content (AvgIpc) is 2.75. The first-order chi connectivity index (χ1) is 7.74. The minimum atomic E-state index is -0.0156. The molecule has 0 radical (unpaired) electrons. The number of benzene rings is 1. The van der Waals surface area contributed by atoms with Gasteiger partial charge in [-0.15, -0.1) is 0 Å². The Balaban J connectivity index is 2.52. The molecule has 0 aliphatic rings. The molecule has 1 heterocycles. The summed E-state index contributed by atoms with van der Waals surface area (Å²) in [6, 6.07) is 7.44. The van der Waals surface area contributed by atoms with Crippen LogP contribution in [0.3, 0.4) is 0 Å². The minimum Gasteiger partial charge on any atom is -0.497 e. The first-order valence-corrected chi connectivity index (χ1v) is 5.05. The summed E-state index contributed by atoms with van der Waals surface area (Å²) in [5.41, 5.74) is 2.60. The molecule has 1 aromatic carbocycles. The number of hydrogen-bond donors (Lipinski definition) is 1. The van der Waals surface area contributed by atoms with Gasteiger partial charge < -0.3 is 9.84 Å². The molecule has 0 saturated heterocycles. The van der Waals surface area contributed by atoms with Gasteiger partial charge in [0.25, 0.3) is 0 Å². The van der Waals surface area contributed by atoms with Gasteiger partial charge in [0.05, 0.1) is 25.1 Å². The van der Waals surface area contributed by atoms with Crippen LogP contribution in [0.1, 0.15) is 11.3 Å². The second-order valence-electron chi connectivity index (χ2n) is 3.55. The number of hydrogen-bond acceptors (Lipinski definition) is 3. The van der Waals surface area contributed by atoms with E-state index in [1.54, 1.807) is 11.8 Å². The van der Waals surface area contributed by atoms with Crippen molar-refractivity contribution in [3.63, 3.8) is 0 Å². The lowest BCUT2D eigenvalue weighted by Gasteiger charge is -2.09. The van der Waals surface area contributed by atoms with Crippen LogP contribution in [0, 0.1) is 6.92 Å². The number of aliphatic hydroxyl groups excluding tert-OH is 1. The first-order valence-electron chi connectivity index (χ1n) is 5.05. The Morgan fingerprint density at radius 3 is 2.75 bits per heavy atom. The fourth-order valence-electron chi connectivity index (χ4n) is 1.57. The highest BCUT2D eigenvalue weighted by Gasteiger charge is 2.06. The topological polar surface area (TPSA) is 47.3 Å². The number of rotatable bonds is 3. The Morgan fingerprint density at radius 2 is 2.19 bits per heavy atom. The summed E-state index contributed by atoms with van der Waals surface area (Å²) in [7, 11) is 1.62. The maximum Gasteiger partial charge on any atom is 0.121 e. The molecule has 0 aliphatic carbocycles. The molecule has 0 fully saturated rings. The summed E-state index contributed by atoms with van der Waals surface area (Å²) < 4.78 is 6.90. The quantitative estimate of drug-likeness (QED) is 0.852. The lowest BCUT2D eigenvalue weighted by Crippen LogP contribution is -2.01. The van der Waals surface area contributed by atoms with Crippen molar-refractivity contribution in [2.45, 2.75) is 13.5 Å². The molecule has 2 rings (SSSR count). The standard InChI is InChI=1S/C12H14N2O2/c1-9-5-6-14(13-9)12-7-11(16-2)4-3-10(12)8-15/h3-7,15H,8H2,1-2H3. The van der Waals surface area contributed by atoms with Crippen LogP contribution in [0.4, 0.5) is 0 Å². The van der Waals surface area contributed by atoms with Crippen LogP contribution in [0.2, 0.25) is 0 Å². The molecule has 16 heavy (non-hydrogen) atoms. The number of aromatic nitrogens is 2. The predicted molar refractivity (Wildman–Crippen MR) is 60.8 cm³/mol. The van der Waals surface area contributed by atoms with Crippen LogP contribution in [-0.2, 0) is 6.61 Å². The maximum absolute atomic E-state index is 9.27. The molecule has 0 aliphatic heterocycles. The van der Waals surface area contributed by atoms with E-state index in [4.69, 9.17) is 4.74 Å². The third-order valence-corrected chi connectivity index (χ3v) is 2.43. The van der Waals surface area contributed by atoms with Crippen molar-refractivity contribution in [2.75, 3.05) is 7.11 Å². The molecule has 0 spiro atoms. The molecule has 2 aromatic rings. The third-order valence-electron chi connectivity index (χ3n) is 2.43. The van der Waals surface area contributed by atoms with Gasteiger partial charge in [-0.1, -0.05) is 6.07 Å². The number of methoxy groups -OCH3 is 1. The molecular weight excluding hydrogens is 204 g/mol. The Bertz CT molecular complexity index is 492. The van der Waals surface area contributed by atoms with Crippen LogP contribution in [-0.4, -0.2) is 22.0 Å². The summed E-state index contributed by atoms with van der Waals surface area (Å²) in [6.07, 6.45) is 1.86. The number of ether oxygens (including phenoxy) is 1. The Hall–Kier alpha value is -1.81. The molecule has 1 aromatic heterocycles. The predicted octanol–water partition coefficient (Wildman–Crippen LogP) is 1.68. The molecule has 84 valence electrons. The number of aliphatic hydroxyl groups is 1. The number of aryl methyl sites for hydroxylation is 1. The van der Waals surface area contributed by atoms with Gasteiger partial charge in [0.1, 0.15) is 5.75 Å². The SMILES string of the molecule is COc1ccc(CO)c(-n2ccc(C)n2)c1. The maximum atomic E-state index is 9.27. The first kappa shape index (κ1) is 10.7. The van der Waals surface area contributed by atoms with Crippen LogP contribution in [0.15, 0.2) is 30.5 Å². The highest BCUT2D eigenvalue weighted by atomic mass is 16.5. The molecule has 0 unspecified atom stereocenters. The average molecular weight is 218 g/mol. The summed E-state index contributed by atoms with van der Waals surface area (Å²) in [4.78, 5) is 0. The van der Waals surface area contributed by atoms with Gasteiger partial charge in [0.15, 0.2) is 0 Å². The summed E-state index contributed by atoms with van der Waals surface area (Å²) in [5, 5.41) is 13.6. The van der Waals surface area contributed by atoms with E-state index in [1.165, 1.54) is 0 Å². The fourth-order valence-corrected chi connectivity index (χ4v) is 1.57. The normalized spacial score (nSPS) is 10.4. The van der Waals surface area contributed by atoms with Gasteiger partial charge in [0, 0.05) is 17.8 Å². The van der Waals surface area contributed by atoms with E-state index >= 15 is 0 Å². The van der Waals surface area contributed by atoms with Gasteiger partial charge in [-0.05, 0) is 19.1 Å². The van der Waals surface area contributed by atoms with Crippen LogP contribution in [0.5, 0.6) is 5.75 Å². The van der Waals surface area contributed by atoms with E-state index in [1.807, 2.05) is 37.4 Å². The largest absolute Gasteiger partial charge is 0.497 e. The Labute approximate surface area is 94.1 Å². The van der Waals surface area contributed by atoms with Crippen molar-refractivity contribution >= 4 is 0 Å². The van der Waals surface area contributed by atoms with Gasteiger partial charge in [-0.3, -0.25) is 0 Å². The Kier molecular flexibility index (Phi) is 2.92. The molecule has 0 atom stereocenters. The van der Waals surface area contributed by atoms with Crippen LogP contribution in [0.25, 0.3) is 5.69 Å². The molecule has 0 bridgehead atoms. The molecule has 0 saturated carbocycles. The van der Waals surface area contributed by atoms with Crippen molar-refractivity contribution in [1.29, 1.82) is 0 Å². The highest BCUT2D eigenvalue weighted by molar-refractivity contribution is 5.45. The summed E-state index contributed by atoms with van der Waals surface area (Å²) in [6.45, 7) is 1.91. The van der Waals surface area contributed by atoms with E-state index in [-0.39, 0.29) is 6.61 Å². The van der Waals surface area contributed by atoms with Crippen LogP contribution >= 0.6 is 0 Å². The van der Waals surface area contributed by atoms with E-state index in [0.29, 0.717) is 0 Å². The lowest BCUT2D eigenvalue weighted by atomic mass is 10.2. The monoisotopic (exact) mass is 218 g/mol. The molecule has 0 amide bonds. The van der Waals surface area contributed by atoms with Crippen molar-refractivity contribution < 1.29 is 9.84 Å². The lowest BCUT2D eigenvalue weighted by molar-refractivity contribution is 0.281. The third kappa shape index (κ3) is 1.92. The second-order valence-corrected chi connectivity index (χ2v) is 3.55. The molecule has 4 nitrogen and oxygen atoms in total. The molecular formula is C12H14N2O2. The molecule has 1 N–H and O–H groups in total. The van der Waals surface area contributed by atoms with Gasteiger partial charge in [-0.2, -0.15) is 5.10 Å². The fraction of sp³-hybridized carbons (Fsp3) is 0.250. The zero-order valence-corrected chi connectivity index (χ0v) is 9.34. The second kappa shape index (κ2) is 4.37. The van der Waals surface area contributed by atoms with Gasteiger partial charge in [-0.25, -0.2) is 4.68 Å². The summed E-state index contributed by atoms with van der Waals surface area (Å²) in [5.74, 6) is 0.750. The van der Waals surface area contributed by atoms with Crippen molar-refractivity contribution in [2.24, 2.45) is 0 Å². The molecule has 4 heteroatoms. The highest BCUT2D eigenvalue weighted by Crippen LogP contribution is 2.21. The van der Waals surface area contributed by atoms with Crippen LogP contribution < -0.4 is 4.74 Å². The van der Waals surface area contributed by atoms with E-state index in [9.17, 15) is 5.11 Å². The van der Waals surface area contributed by atoms with E-state index < -0.39 is 0 Å². The summed E-state index contributed by atoms with van der Waals surface area (Å²) >= 11 is 0.